The van der Waals surface area contributed by atoms with Gasteiger partial charge in [0.15, 0.2) is 0 Å². The normalized spacial score (nSPS) is 25.9. The van der Waals surface area contributed by atoms with Gasteiger partial charge in [-0.2, -0.15) is 0 Å². The van der Waals surface area contributed by atoms with Crippen LogP contribution >= 0.6 is 0 Å². The molecule has 0 bridgehead atoms. The molecule has 1 aliphatic rings. The molecule has 1 aromatic rings. The molecule has 0 aromatic heterocycles. The van der Waals surface area contributed by atoms with Crippen molar-refractivity contribution in [2.45, 2.75) is 52.2 Å². The zero-order valence-electron chi connectivity index (χ0n) is 12.2. The van der Waals surface area contributed by atoms with Gasteiger partial charge in [0.05, 0.1) is 6.61 Å². The van der Waals surface area contributed by atoms with Crippen LogP contribution in [-0.2, 0) is 0 Å². The molecule has 0 aliphatic heterocycles. The van der Waals surface area contributed by atoms with Crippen LogP contribution in [0.15, 0.2) is 24.3 Å². The van der Waals surface area contributed by atoms with Crippen LogP contribution in [0.1, 0.15) is 40.0 Å². The lowest BCUT2D eigenvalue weighted by Crippen LogP contribution is -2.51. The van der Waals surface area contributed by atoms with Gasteiger partial charge in [0, 0.05) is 6.04 Å². The van der Waals surface area contributed by atoms with E-state index in [1.165, 1.54) is 12.8 Å². The highest BCUT2D eigenvalue weighted by molar-refractivity contribution is 5.31. The molecule has 2 atom stereocenters. The molecule has 1 saturated carbocycles. The number of hydrogen-bond donors (Lipinski definition) is 1. The van der Waals surface area contributed by atoms with Gasteiger partial charge in [-0.15, -0.1) is 0 Å². The van der Waals surface area contributed by atoms with Crippen molar-refractivity contribution >= 4 is 0 Å². The summed E-state index contributed by atoms with van der Waals surface area (Å²) in [7, 11) is 0. The van der Waals surface area contributed by atoms with E-state index < -0.39 is 0 Å². The fourth-order valence-electron chi connectivity index (χ4n) is 2.70. The van der Waals surface area contributed by atoms with E-state index >= 15 is 0 Å². The van der Waals surface area contributed by atoms with Crippen LogP contribution < -0.4 is 15.2 Å². The first-order valence-corrected chi connectivity index (χ1v) is 7.18. The lowest BCUT2D eigenvalue weighted by atomic mass is 9.72. The van der Waals surface area contributed by atoms with Crippen molar-refractivity contribution in [1.82, 2.24) is 0 Å². The Balaban J connectivity index is 2.00. The molecule has 19 heavy (non-hydrogen) atoms. The molecule has 0 heterocycles. The summed E-state index contributed by atoms with van der Waals surface area (Å²) in [5.41, 5.74) is 6.49. The first-order chi connectivity index (χ1) is 9.03. The Morgan fingerprint density at radius 3 is 2.47 bits per heavy atom. The van der Waals surface area contributed by atoms with E-state index in [2.05, 4.69) is 13.8 Å². The molecule has 0 spiro atoms. The first-order valence-electron chi connectivity index (χ1n) is 7.18. The minimum Gasteiger partial charge on any atom is -0.494 e. The van der Waals surface area contributed by atoms with Gasteiger partial charge < -0.3 is 15.2 Å². The molecule has 0 radical (unpaired) electrons. The molecule has 1 aromatic carbocycles. The van der Waals surface area contributed by atoms with Gasteiger partial charge >= 0.3 is 0 Å². The Labute approximate surface area is 116 Å². The summed E-state index contributed by atoms with van der Waals surface area (Å²) in [5, 5.41) is 0. The number of hydrogen-bond acceptors (Lipinski definition) is 3. The molecule has 0 amide bonds. The largest absolute Gasteiger partial charge is 0.494 e. The molecule has 3 nitrogen and oxygen atoms in total. The third kappa shape index (κ3) is 3.41. The fraction of sp³-hybridized carbons (Fsp3) is 0.625. The van der Waals surface area contributed by atoms with E-state index in [-0.39, 0.29) is 17.6 Å². The van der Waals surface area contributed by atoms with Gasteiger partial charge in [0.2, 0.25) is 0 Å². The number of nitrogens with two attached hydrogens (primary N) is 1. The molecule has 1 aliphatic carbocycles. The van der Waals surface area contributed by atoms with Gasteiger partial charge in [0.25, 0.3) is 0 Å². The Kier molecular flexibility index (Phi) is 4.35. The topological polar surface area (TPSA) is 44.5 Å². The van der Waals surface area contributed by atoms with Gasteiger partial charge in [-0.05, 0) is 55.9 Å². The molecule has 0 saturated heterocycles. The highest BCUT2D eigenvalue weighted by Gasteiger charge is 2.37. The van der Waals surface area contributed by atoms with E-state index in [1.54, 1.807) is 0 Å². The highest BCUT2D eigenvalue weighted by Crippen LogP contribution is 2.36. The van der Waals surface area contributed by atoms with Crippen molar-refractivity contribution in [1.29, 1.82) is 0 Å². The van der Waals surface area contributed by atoms with Gasteiger partial charge in [-0.1, -0.05) is 13.8 Å². The number of rotatable bonds is 4. The Bertz CT molecular complexity index is 400. The monoisotopic (exact) mass is 263 g/mol. The van der Waals surface area contributed by atoms with Gasteiger partial charge in [0.1, 0.15) is 17.6 Å². The Hall–Kier alpha value is -1.22. The standard InChI is InChI=1S/C16H25NO2/c1-4-18-12-7-9-13(10-8-12)19-14-6-5-11-16(2,3)15(14)17/h7-10,14-15H,4-6,11,17H2,1-3H3. The summed E-state index contributed by atoms with van der Waals surface area (Å²) in [6.45, 7) is 7.12. The van der Waals surface area contributed by atoms with Crippen LogP contribution in [0.2, 0.25) is 0 Å². The van der Waals surface area contributed by atoms with Gasteiger partial charge in [-0.3, -0.25) is 0 Å². The molecular formula is C16H25NO2. The average Bonchev–Trinajstić information content (AvgIpc) is 2.38. The highest BCUT2D eigenvalue weighted by atomic mass is 16.5. The summed E-state index contributed by atoms with van der Waals surface area (Å²) in [6, 6.07) is 7.89. The average molecular weight is 263 g/mol. The summed E-state index contributed by atoms with van der Waals surface area (Å²) >= 11 is 0. The maximum absolute atomic E-state index is 6.33. The Morgan fingerprint density at radius 2 is 1.84 bits per heavy atom. The summed E-state index contributed by atoms with van der Waals surface area (Å²) in [5.74, 6) is 1.75. The maximum atomic E-state index is 6.33. The third-order valence-electron chi connectivity index (χ3n) is 4.03. The quantitative estimate of drug-likeness (QED) is 0.905. The molecule has 1 fully saturated rings. The van der Waals surface area contributed by atoms with Crippen molar-refractivity contribution in [3.8, 4) is 11.5 Å². The number of ether oxygens (including phenoxy) is 2. The van der Waals surface area contributed by atoms with Crippen LogP contribution in [-0.4, -0.2) is 18.8 Å². The zero-order chi connectivity index (χ0) is 13.9. The zero-order valence-corrected chi connectivity index (χ0v) is 12.2. The molecule has 2 N–H and O–H groups in total. The van der Waals surface area contributed by atoms with E-state index in [9.17, 15) is 0 Å². The minimum atomic E-state index is 0.0906. The third-order valence-corrected chi connectivity index (χ3v) is 4.03. The summed E-state index contributed by atoms with van der Waals surface area (Å²) in [6.07, 6.45) is 3.51. The molecule has 2 unspecified atom stereocenters. The van der Waals surface area contributed by atoms with Crippen molar-refractivity contribution in [3.05, 3.63) is 24.3 Å². The predicted molar refractivity (Wildman–Crippen MR) is 77.6 cm³/mol. The van der Waals surface area contributed by atoms with Crippen LogP contribution in [0, 0.1) is 5.41 Å². The van der Waals surface area contributed by atoms with Crippen molar-refractivity contribution in [2.75, 3.05) is 6.61 Å². The minimum absolute atomic E-state index is 0.0906. The van der Waals surface area contributed by atoms with Gasteiger partial charge in [-0.25, -0.2) is 0 Å². The summed E-state index contributed by atoms with van der Waals surface area (Å²) < 4.78 is 11.5. The SMILES string of the molecule is CCOc1ccc(OC2CCCC(C)(C)C2N)cc1. The van der Waals surface area contributed by atoms with Crippen LogP contribution in [0.3, 0.4) is 0 Å². The summed E-state index contributed by atoms with van der Waals surface area (Å²) in [4.78, 5) is 0. The van der Waals surface area contributed by atoms with Crippen LogP contribution in [0.4, 0.5) is 0 Å². The van der Waals surface area contributed by atoms with E-state index in [1.807, 2.05) is 31.2 Å². The van der Waals surface area contributed by atoms with Crippen molar-refractivity contribution < 1.29 is 9.47 Å². The lowest BCUT2D eigenvalue weighted by molar-refractivity contribution is 0.0567. The maximum Gasteiger partial charge on any atom is 0.120 e. The molecule has 2 rings (SSSR count). The molecule has 106 valence electrons. The van der Waals surface area contributed by atoms with Crippen molar-refractivity contribution in [2.24, 2.45) is 11.1 Å². The van der Waals surface area contributed by atoms with Crippen LogP contribution in [0.5, 0.6) is 11.5 Å². The second-order valence-electron chi connectivity index (χ2n) is 5.97. The second kappa shape index (κ2) is 5.83. The fourth-order valence-corrected chi connectivity index (χ4v) is 2.70. The molecule has 3 heteroatoms. The lowest BCUT2D eigenvalue weighted by Gasteiger charge is -2.41. The van der Waals surface area contributed by atoms with Crippen LogP contribution in [0.25, 0.3) is 0 Å². The van der Waals surface area contributed by atoms with Crippen molar-refractivity contribution in [3.63, 3.8) is 0 Å². The van der Waals surface area contributed by atoms with E-state index in [4.69, 9.17) is 15.2 Å². The first kappa shape index (κ1) is 14.2. The Morgan fingerprint density at radius 1 is 1.21 bits per heavy atom. The predicted octanol–water partition coefficient (Wildman–Crippen LogP) is 3.37. The van der Waals surface area contributed by atoms with E-state index in [0.29, 0.717) is 6.61 Å². The second-order valence-corrected chi connectivity index (χ2v) is 5.97. The molecular weight excluding hydrogens is 238 g/mol. The van der Waals surface area contributed by atoms with E-state index in [0.717, 1.165) is 17.9 Å². The smallest absolute Gasteiger partial charge is 0.120 e. The number of benzene rings is 1.